The highest BCUT2D eigenvalue weighted by Gasteiger charge is 2.34. The van der Waals surface area contributed by atoms with Crippen molar-refractivity contribution < 1.29 is 13.2 Å². The molecule has 1 heterocycles. The molecule has 0 amide bonds. The predicted octanol–water partition coefficient (Wildman–Crippen LogP) is 3.08. The Morgan fingerprint density at radius 1 is 1.33 bits per heavy atom. The Morgan fingerprint density at radius 2 is 2.06 bits per heavy atom. The van der Waals surface area contributed by atoms with E-state index in [0.29, 0.717) is 12.1 Å². The minimum atomic E-state index is -4.47. The number of halogens is 4. The lowest BCUT2D eigenvalue weighted by atomic mass is 9.94. The summed E-state index contributed by atoms with van der Waals surface area (Å²) >= 11 is 0. The number of nitrogens with zero attached hydrogens (tertiary/aromatic N) is 1. The first-order chi connectivity index (χ1) is 8.02. The summed E-state index contributed by atoms with van der Waals surface area (Å²) in [5, 5.41) is 11.8. The maximum atomic E-state index is 12.7. The third-order valence-corrected chi connectivity index (χ3v) is 3.00. The van der Waals surface area contributed by atoms with Gasteiger partial charge in [0.05, 0.1) is 17.2 Å². The van der Waals surface area contributed by atoms with E-state index in [4.69, 9.17) is 5.26 Å². The van der Waals surface area contributed by atoms with E-state index >= 15 is 0 Å². The highest BCUT2D eigenvalue weighted by molar-refractivity contribution is 5.85. The molecule has 2 rings (SSSR count). The molecule has 98 valence electrons. The van der Waals surface area contributed by atoms with Crippen LogP contribution in [0.15, 0.2) is 18.2 Å². The second-order valence-electron chi connectivity index (χ2n) is 4.10. The van der Waals surface area contributed by atoms with Crippen molar-refractivity contribution in [3.05, 3.63) is 34.9 Å². The molecule has 1 atom stereocenters. The smallest absolute Gasteiger partial charge is 0.316 e. The molecule has 0 aliphatic carbocycles. The zero-order chi connectivity index (χ0) is 12.5. The Hall–Kier alpha value is -1.25. The van der Waals surface area contributed by atoms with Gasteiger partial charge in [-0.2, -0.15) is 18.4 Å². The Balaban J connectivity index is 0.00000162. The van der Waals surface area contributed by atoms with E-state index in [1.54, 1.807) is 12.1 Å². The maximum Gasteiger partial charge on any atom is 0.417 e. The molecule has 1 aliphatic heterocycles. The number of nitriles is 1. The van der Waals surface area contributed by atoms with Crippen LogP contribution in [0, 0.1) is 11.3 Å². The fourth-order valence-electron chi connectivity index (χ4n) is 2.09. The van der Waals surface area contributed by atoms with E-state index in [1.807, 2.05) is 0 Å². The topological polar surface area (TPSA) is 35.8 Å². The van der Waals surface area contributed by atoms with Crippen LogP contribution in [0.1, 0.15) is 29.0 Å². The van der Waals surface area contributed by atoms with Crippen molar-refractivity contribution in [2.75, 3.05) is 13.1 Å². The molecule has 1 N–H and O–H groups in total. The van der Waals surface area contributed by atoms with Crippen LogP contribution < -0.4 is 5.32 Å². The van der Waals surface area contributed by atoms with E-state index < -0.39 is 11.7 Å². The molecular formula is C12H12ClF3N2. The highest BCUT2D eigenvalue weighted by atomic mass is 35.5. The molecule has 18 heavy (non-hydrogen) atoms. The third kappa shape index (κ3) is 2.95. The summed E-state index contributed by atoms with van der Waals surface area (Å²) < 4.78 is 38.2. The van der Waals surface area contributed by atoms with Gasteiger partial charge in [-0.3, -0.25) is 0 Å². The fourth-order valence-corrected chi connectivity index (χ4v) is 2.09. The Kier molecular flexibility index (Phi) is 4.60. The van der Waals surface area contributed by atoms with E-state index in [9.17, 15) is 13.2 Å². The van der Waals surface area contributed by atoms with Gasteiger partial charge in [0.25, 0.3) is 0 Å². The summed E-state index contributed by atoms with van der Waals surface area (Å²) in [7, 11) is 0. The van der Waals surface area contributed by atoms with Crippen LogP contribution in [-0.4, -0.2) is 13.1 Å². The molecule has 2 nitrogen and oxygen atoms in total. The van der Waals surface area contributed by atoms with Crippen molar-refractivity contribution >= 4 is 12.4 Å². The molecule has 0 spiro atoms. The van der Waals surface area contributed by atoms with Gasteiger partial charge in [0, 0.05) is 6.54 Å². The zero-order valence-electron chi connectivity index (χ0n) is 9.42. The Morgan fingerprint density at radius 3 is 2.56 bits per heavy atom. The van der Waals surface area contributed by atoms with E-state index in [0.717, 1.165) is 19.0 Å². The minimum Gasteiger partial charge on any atom is -0.316 e. The lowest BCUT2D eigenvalue weighted by molar-refractivity contribution is -0.137. The first-order valence-electron chi connectivity index (χ1n) is 5.34. The van der Waals surface area contributed by atoms with Crippen LogP contribution in [0.2, 0.25) is 0 Å². The zero-order valence-corrected chi connectivity index (χ0v) is 10.2. The molecule has 1 unspecified atom stereocenters. The Bertz CT molecular complexity index is 459. The molecule has 0 saturated carbocycles. The minimum absolute atomic E-state index is 0. The predicted molar refractivity (Wildman–Crippen MR) is 63.6 cm³/mol. The first kappa shape index (κ1) is 14.8. The summed E-state index contributed by atoms with van der Waals surface area (Å²) in [5.41, 5.74) is -0.488. The van der Waals surface area contributed by atoms with Gasteiger partial charge in [0.2, 0.25) is 0 Å². The van der Waals surface area contributed by atoms with Gasteiger partial charge < -0.3 is 5.32 Å². The number of hydrogen-bond donors (Lipinski definition) is 1. The first-order valence-corrected chi connectivity index (χ1v) is 5.34. The van der Waals surface area contributed by atoms with Crippen molar-refractivity contribution in [2.45, 2.75) is 18.5 Å². The SMILES string of the molecule is Cl.N#Cc1ccc(C2CCNC2)cc1C(F)(F)F. The fraction of sp³-hybridized carbons (Fsp3) is 0.417. The number of hydrogen-bond acceptors (Lipinski definition) is 2. The van der Waals surface area contributed by atoms with Gasteiger partial charge in [0.15, 0.2) is 0 Å². The molecule has 1 saturated heterocycles. The van der Waals surface area contributed by atoms with E-state index in [-0.39, 0.29) is 23.9 Å². The van der Waals surface area contributed by atoms with Gasteiger partial charge in [0.1, 0.15) is 0 Å². The van der Waals surface area contributed by atoms with Gasteiger partial charge in [-0.15, -0.1) is 12.4 Å². The number of nitrogens with one attached hydrogen (secondary N) is 1. The molecule has 0 radical (unpaired) electrons. The molecule has 1 aromatic carbocycles. The highest BCUT2D eigenvalue weighted by Crippen LogP contribution is 2.34. The third-order valence-electron chi connectivity index (χ3n) is 3.00. The second-order valence-corrected chi connectivity index (χ2v) is 4.10. The molecule has 1 aromatic rings. The molecule has 6 heteroatoms. The van der Waals surface area contributed by atoms with Crippen molar-refractivity contribution in [3.63, 3.8) is 0 Å². The molecule has 1 fully saturated rings. The summed E-state index contributed by atoms with van der Waals surface area (Å²) in [4.78, 5) is 0. The summed E-state index contributed by atoms with van der Waals surface area (Å²) in [6, 6.07) is 5.57. The van der Waals surface area contributed by atoms with Crippen molar-refractivity contribution in [1.82, 2.24) is 5.32 Å². The average molecular weight is 277 g/mol. The monoisotopic (exact) mass is 276 g/mol. The van der Waals surface area contributed by atoms with E-state index in [2.05, 4.69) is 5.32 Å². The van der Waals surface area contributed by atoms with Gasteiger partial charge in [-0.1, -0.05) is 6.07 Å². The normalized spacial score (nSPS) is 19.1. The van der Waals surface area contributed by atoms with E-state index in [1.165, 1.54) is 6.07 Å². The Labute approximate surface area is 109 Å². The summed E-state index contributed by atoms with van der Waals surface area (Å²) in [6.45, 7) is 1.52. The van der Waals surface area contributed by atoms with Gasteiger partial charge in [-0.05, 0) is 36.6 Å². The number of rotatable bonds is 1. The molecule has 1 aliphatic rings. The molecular weight excluding hydrogens is 265 g/mol. The van der Waals surface area contributed by atoms with Crippen LogP contribution >= 0.6 is 12.4 Å². The number of alkyl halides is 3. The van der Waals surface area contributed by atoms with Crippen LogP contribution in [-0.2, 0) is 6.18 Å². The number of benzene rings is 1. The maximum absolute atomic E-state index is 12.7. The lowest BCUT2D eigenvalue weighted by Crippen LogP contribution is -2.11. The lowest BCUT2D eigenvalue weighted by Gasteiger charge is -2.14. The van der Waals surface area contributed by atoms with Crippen LogP contribution in [0.5, 0.6) is 0 Å². The summed E-state index contributed by atoms with van der Waals surface area (Å²) in [5.74, 6) is 0.115. The van der Waals surface area contributed by atoms with Crippen molar-refractivity contribution in [3.8, 4) is 6.07 Å². The van der Waals surface area contributed by atoms with Crippen molar-refractivity contribution in [2.24, 2.45) is 0 Å². The average Bonchev–Trinajstić information content (AvgIpc) is 2.80. The van der Waals surface area contributed by atoms with Gasteiger partial charge >= 0.3 is 6.18 Å². The van der Waals surface area contributed by atoms with Crippen LogP contribution in [0.25, 0.3) is 0 Å². The quantitative estimate of drug-likeness (QED) is 0.856. The van der Waals surface area contributed by atoms with Crippen molar-refractivity contribution in [1.29, 1.82) is 5.26 Å². The summed E-state index contributed by atoms with van der Waals surface area (Å²) in [6.07, 6.45) is -3.63. The molecule has 0 aromatic heterocycles. The largest absolute Gasteiger partial charge is 0.417 e. The standard InChI is InChI=1S/C12H11F3N2.ClH/c13-12(14,15)11-5-8(1-2-9(11)6-16)10-3-4-17-7-10;/h1-2,5,10,17H,3-4,7H2;1H. The molecule has 0 bridgehead atoms. The van der Waals surface area contributed by atoms with Crippen LogP contribution in [0.4, 0.5) is 13.2 Å². The second kappa shape index (κ2) is 5.59. The van der Waals surface area contributed by atoms with Crippen LogP contribution in [0.3, 0.4) is 0 Å². The van der Waals surface area contributed by atoms with Gasteiger partial charge in [-0.25, -0.2) is 0 Å².